The molecule has 188 valence electrons. The molecule has 0 radical (unpaired) electrons. The molecular formula is C24H25ClF3N3O3S. The van der Waals surface area contributed by atoms with Crippen LogP contribution in [0.25, 0.3) is 0 Å². The molecule has 0 aliphatic heterocycles. The highest BCUT2D eigenvalue weighted by atomic mass is 35.5. The SMILES string of the molecule is COC(=O)[C@](NC(=O)c1ccccc1Cl)(Nc1sc2c(c1C#N)CC[C@@H](C(C)(C)C)C2)C(F)(F)F. The van der Waals surface area contributed by atoms with E-state index in [4.69, 9.17) is 11.6 Å². The Hall–Kier alpha value is -2.77. The normalized spacial score (nSPS) is 17.5. The lowest BCUT2D eigenvalue weighted by Crippen LogP contribution is -2.69. The van der Waals surface area contributed by atoms with Crippen molar-refractivity contribution >= 4 is 39.8 Å². The first-order valence-electron chi connectivity index (χ1n) is 10.8. The number of halogens is 4. The van der Waals surface area contributed by atoms with E-state index in [1.54, 1.807) is 5.32 Å². The van der Waals surface area contributed by atoms with Crippen molar-refractivity contribution in [3.8, 4) is 6.07 Å². The maximum absolute atomic E-state index is 14.5. The molecule has 1 aliphatic rings. The average Bonchev–Trinajstić information content (AvgIpc) is 3.12. The number of nitrogens with one attached hydrogen (secondary N) is 2. The Bertz CT molecular complexity index is 1180. The summed E-state index contributed by atoms with van der Waals surface area (Å²) in [5.74, 6) is -2.74. The Labute approximate surface area is 210 Å². The lowest BCUT2D eigenvalue weighted by atomic mass is 9.72. The van der Waals surface area contributed by atoms with Gasteiger partial charge >= 0.3 is 17.8 Å². The Morgan fingerprint density at radius 2 is 1.89 bits per heavy atom. The van der Waals surface area contributed by atoms with E-state index in [-0.39, 0.29) is 32.5 Å². The zero-order valence-corrected chi connectivity index (χ0v) is 21.2. The maximum Gasteiger partial charge on any atom is 0.441 e. The van der Waals surface area contributed by atoms with Crippen molar-refractivity contribution in [3.05, 3.63) is 50.9 Å². The number of carbonyl (C=O) groups excluding carboxylic acids is 2. The minimum Gasteiger partial charge on any atom is -0.466 e. The van der Waals surface area contributed by atoms with Gasteiger partial charge in [0.2, 0.25) is 0 Å². The lowest BCUT2D eigenvalue weighted by Gasteiger charge is -2.34. The predicted octanol–water partition coefficient (Wildman–Crippen LogP) is 5.70. The van der Waals surface area contributed by atoms with E-state index in [2.05, 4.69) is 30.8 Å². The summed E-state index contributed by atoms with van der Waals surface area (Å²) in [6.45, 7) is 6.28. The number of anilines is 1. The third-order valence-corrected chi connectivity index (χ3v) is 7.74. The van der Waals surface area contributed by atoms with Crippen LogP contribution in [0.2, 0.25) is 5.02 Å². The molecule has 0 unspecified atom stereocenters. The number of hydrogen-bond donors (Lipinski definition) is 2. The van der Waals surface area contributed by atoms with Crippen molar-refractivity contribution in [1.29, 1.82) is 5.26 Å². The highest BCUT2D eigenvalue weighted by molar-refractivity contribution is 7.16. The number of ether oxygens (including phenoxy) is 1. The molecule has 6 nitrogen and oxygen atoms in total. The third kappa shape index (κ3) is 5.11. The van der Waals surface area contributed by atoms with Crippen LogP contribution in [0.1, 0.15) is 53.6 Å². The summed E-state index contributed by atoms with van der Waals surface area (Å²) in [5, 5.41) is 13.5. The first-order valence-corrected chi connectivity index (χ1v) is 12.0. The largest absolute Gasteiger partial charge is 0.466 e. The molecule has 3 rings (SSSR count). The smallest absolute Gasteiger partial charge is 0.441 e. The van der Waals surface area contributed by atoms with E-state index in [9.17, 15) is 28.0 Å². The summed E-state index contributed by atoms with van der Waals surface area (Å²) in [6, 6.07) is 7.48. The van der Waals surface area contributed by atoms with Gasteiger partial charge in [0.25, 0.3) is 5.91 Å². The minimum absolute atomic E-state index is 0.0211. The van der Waals surface area contributed by atoms with Crippen LogP contribution in [0.5, 0.6) is 0 Å². The van der Waals surface area contributed by atoms with Gasteiger partial charge in [-0.3, -0.25) is 4.79 Å². The van der Waals surface area contributed by atoms with E-state index in [0.29, 0.717) is 18.4 Å². The fourth-order valence-electron chi connectivity index (χ4n) is 4.13. The average molecular weight is 528 g/mol. The molecule has 0 spiro atoms. The van der Waals surface area contributed by atoms with Crippen molar-refractivity contribution in [2.45, 2.75) is 51.9 Å². The molecule has 1 aliphatic carbocycles. The molecule has 35 heavy (non-hydrogen) atoms. The van der Waals surface area contributed by atoms with Gasteiger partial charge in [0.1, 0.15) is 11.1 Å². The van der Waals surface area contributed by atoms with Gasteiger partial charge in [-0.1, -0.05) is 44.5 Å². The molecule has 0 bridgehead atoms. The van der Waals surface area contributed by atoms with Crippen LogP contribution in [0.4, 0.5) is 18.2 Å². The number of carbonyl (C=O) groups is 2. The van der Waals surface area contributed by atoms with Gasteiger partial charge in [0, 0.05) is 4.88 Å². The van der Waals surface area contributed by atoms with E-state index < -0.39 is 23.7 Å². The highest BCUT2D eigenvalue weighted by Gasteiger charge is 2.64. The second-order valence-corrected chi connectivity index (χ2v) is 10.9. The quantitative estimate of drug-likeness (QED) is 0.384. The number of benzene rings is 1. The van der Waals surface area contributed by atoms with Crippen LogP contribution in [-0.2, 0) is 22.4 Å². The number of nitrogens with zero attached hydrogens (tertiary/aromatic N) is 1. The monoisotopic (exact) mass is 527 g/mol. The molecule has 1 amide bonds. The summed E-state index contributed by atoms with van der Waals surface area (Å²) < 4.78 is 48.0. The van der Waals surface area contributed by atoms with Gasteiger partial charge in [0.15, 0.2) is 0 Å². The van der Waals surface area contributed by atoms with Crippen LogP contribution >= 0.6 is 22.9 Å². The standard InChI is InChI=1S/C24H25ClF3N3O3S/c1-22(2,3)13-9-10-14-16(12-29)20(35-18(14)11-13)31-23(21(33)34-4,24(26,27)28)30-19(32)15-7-5-6-8-17(15)25/h5-8,13,31H,9-11H2,1-4H3,(H,30,32)/t13-,23+/m1/s1. The molecule has 2 N–H and O–H groups in total. The summed E-state index contributed by atoms with van der Waals surface area (Å²) in [5.41, 5.74) is -3.24. The zero-order valence-electron chi connectivity index (χ0n) is 19.6. The number of amides is 1. The second-order valence-electron chi connectivity index (χ2n) is 9.42. The van der Waals surface area contributed by atoms with Gasteiger partial charge in [-0.2, -0.15) is 18.4 Å². The molecule has 0 saturated carbocycles. The number of thiophene rings is 1. The van der Waals surface area contributed by atoms with E-state index in [0.717, 1.165) is 29.7 Å². The van der Waals surface area contributed by atoms with Gasteiger partial charge in [-0.25, -0.2) is 4.79 Å². The lowest BCUT2D eigenvalue weighted by molar-refractivity contribution is -0.203. The van der Waals surface area contributed by atoms with Gasteiger partial charge < -0.3 is 15.4 Å². The molecule has 11 heteroatoms. The van der Waals surface area contributed by atoms with Crippen molar-refractivity contribution < 1.29 is 27.5 Å². The van der Waals surface area contributed by atoms with E-state index in [1.807, 2.05) is 6.07 Å². The van der Waals surface area contributed by atoms with Crippen molar-refractivity contribution in [2.24, 2.45) is 11.3 Å². The third-order valence-electron chi connectivity index (χ3n) is 6.24. The van der Waals surface area contributed by atoms with Crippen LogP contribution in [0.3, 0.4) is 0 Å². The van der Waals surface area contributed by atoms with Crippen molar-refractivity contribution in [2.75, 3.05) is 12.4 Å². The molecule has 0 fully saturated rings. The van der Waals surface area contributed by atoms with Crippen molar-refractivity contribution in [3.63, 3.8) is 0 Å². The highest BCUT2D eigenvalue weighted by Crippen LogP contribution is 2.45. The molecule has 2 aromatic rings. The number of rotatable bonds is 5. The molecule has 1 heterocycles. The van der Waals surface area contributed by atoms with Crippen molar-refractivity contribution in [1.82, 2.24) is 5.32 Å². The second kappa shape index (κ2) is 9.70. The number of hydrogen-bond acceptors (Lipinski definition) is 6. The fourth-order valence-corrected chi connectivity index (χ4v) is 5.68. The van der Waals surface area contributed by atoms with Crippen LogP contribution in [0.15, 0.2) is 24.3 Å². The van der Waals surface area contributed by atoms with Crippen LogP contribution in [0, 0.1) is 22.7 Å². The first kappa shape index (κ1) is 26.8. The summed E-state index contributed by atoms with van der Waals surface area (Å²) in [7, 11) is 0.782. The molecule has 1 aromatic heterocycles. The zero-order chi connectivity index (χ0) is 26.2. The Balaban J connectivity index is 2.09. The molecule has 2 atom stereocenters. The van der Waals surface area contributed by atoms with Crippen LogP contribution < -0.4 is 10.6 Å². The fraction of sp³-hybridized carbons (Fsp3) is 0.458. The van der Waals surface area contributed by atoms with E-state index in [1.165, 1.54) is 24.3 Å². The number of methoxy groups -OCH3 is 1. The molecule has 0 saturated heterocycles. The molecule has 1 aromatic carbocycles. The summed E-state index contributed by atoms with van der Waals surface area (Å²) in [4.78, 5) is 26.3. The van der Waals surface area contributed by atoms with Gasteiger partial charge in [0.05, 0.1) is 23.3 Å². The minimum atomic E-state index is -5.33. The topological polar surface area (TPSA) is 91.2 Å². The molecular weight excluding hydrogens is 503 g/mol. The van der Waals surface area contributed by atoms with Crippen LogP contribution in [-0.4, -0.2) is 30.8 Å². The summed E-state index contributed by atoms with van der Waals surface area (Å²) >= 11 is 6.97. The number of esters is 1. The summed E-state index contributed by atoms with van der Waals surface area (Å²) in [6.07, 6.45) is -3.42. The Kier molecular flexibility index (Phi) is 7.44. The Morgan fingerprint density at radius 1 is 1.23 bits per heavy atom. The van der Waals surface area contributed by atoms with Gasteiger partial charge in [-0.15, -0.1) is 11.3 Å². The van der Waals surface area contributed by atoms with E-state index >= 15 is 0 Å². The Morgan fingerprint density at radius 3 is 2.43 bits per heavy atom. The number of nitriles is 1. The first-order chi connectivity index (χ1) is 16.2. The number of alkyl halides is 3. The number of fused-ring (bicyclic) bond motifs is 1. The van der Waals surface area contributed by atoms with Gasteiger partial charge in [-0.05, 0) is 48.3 Å². The maximum atomic E-state index is 14.5. The predicted molar refractivity (Wildman–Crippen MR) is 127 cm³/mol.